The van der Waals surface area contributed by atoms with Crippen LogP contribution in [-0.2, 0) is 0 Å². The van der Waals surface area contributed by atoms with Crippen molar-refractivity contribution in [3.8, 4) is 28.7 Å². The first-order valence-electron chi connectivity index (χ1n) is 23.6. The lowest BCUT2D eigenvalue weighted by molar-refractivity contribution is 0.0732. The molecule has 1 N–H and O–H groups in total. The zero-order valence-electron chi connectivity index (χ0n) is 36.7. The first-order valence-corrected chi connectivity index (χ1v) is 23.6. The number of phenols is 1. The third kappa shape index (κ3) is 24.3. The van der Waals surface area contributed by atoms with E-state index in [1.54, 1.807) is 12.1 Å². The average Bonchev–Trinajstić information content (AvgIpc) is 3.22. The molecule has 57 heavy (non-hydrogen) atoms. The third-order valence-corrected chi connectivity index (χ3v) is 10.8. The van der Waals surface area contributed by atoms with Crippen LogP contribution < -0.4 is 18.9 Å². The Balaban J connectivity index is 2.11. The van der Waals surface area contributed by atoms with Crippen LogP contribution in [0.2, 0.25) is 0 Å². The molecule has 7 nitrogen and oxygen atoms in total. The molecule has 0 saturated carbocycles. The second kappa shape index (κ2) is 34.8. The number of hydrogen-bond donors (Lipinski definition) is 1. The molecule has 0 aliphatic heterocycles. The molecular weight excluding hydrogens is 713 g/mol. The lowest BCUT2D eigenvalue weighted by Crippen LogP contribution is -2.12. The summed E-state index contributed by atoms with van der Waals surface area (Å²) >= 11 is 0. The molecule has 0 spiro atoms. The van der Waals surface area contributed by atoms with Gasteiger partial charge in [0.25, 0.3) is 0 Å². The number of phenolic OH excluding ortho intramolecular Hbond substituents is 1. The van der Waals surface area contributed by atoms with Gasteiger partial charge in [-0.25, -0.2) is 4.79 Å². The maximum Gasteiger partial charge on any atom is 0.343 e. The van der Waals surface area contributed by atoms with Gasteiger partial charge in [-0.3, -0.25) is 4.79 Å². The average molecular weight is 795 g/mol. The molecule has 0 amide bonds. The summed E-state index contributed by atoms with van der Waals surface area (Å²) in [5.74, 6) is 0.927. The maximum atomic E-state index is 13.6. The van der Waals surface area contributed by atoms with Crippen molar-refractivity contribution < 1.29 is 33.6 Å². The van der Waals surface area contributed by atoms with Crippen molar-refractivity contribution in [2.45, 2.75) is 213 Å². The highest BCUT2D eigenvalue weighted by Crippen LogP contribution is 2.40. The Labute approximate surface area is 348 Å². The number of rotatable bonds is 39. The highest BCUT2D eigenvalue weighted by Gasteiger charge is 2.21. The van der Waals surface area contributed by atoms with Crippen LogP contribution in [0.1, 0.15) is 234 Å². The quantitative estimate of drug-likeness (QED) is 0.0312. The van der Waals surface area contributed by atoms with E-state index < -0.39 is 5.97 Å². The number of aromatic hydroxyl groups is 1. The predicted molar refractivity (Wildman–Crippen MR) is 237 cm³/mol. The number of unbranched alkanes of at least 4 members (excludes halogenated alkanes) is 27. The topological polar surface area (TPSA) is 91.3 Å². The van der Waals surface area contributed by atoms with Crippen LogP contribution in [0.25, 0.3) is 0 Å². The van der Waals surface area contributed by atoms with E-state index in [-0.39, 0.29) is 22.6 Å². The molecule has 2 aromatic carbocycles. The number of ether oxygens (including phenoxy) is 4. The number of hydrogen-bond acceptors (Lipinski definition) is 7. The van der Waals surface area contributed by atoms with Crippen molar-refractivity contribution in [2.75, 3.05) is 19.8 Å². The zero-order chi connectivity index (χ0) is 41.0. The molecule has 7 heteroatoms. The molecule has 2 rings (SSSR count). The number of benzene rings is 2. The van der Waals surface area contributed by atoms with Gasteiger partial charge in [-0.1, -0.05) is 194 Å². The smallest absolute Gasteiger partial charge is 0.343 e. The van der Waals surface area contributed by atoms with Crippen LogP contribution >= 0.6 is 0 Å². The lowest BCUT2D eigenvalue weighted by Gasteiger charge is -2.19. The standard InChI is InChI=1S/C50H82O7/c1-4-7-10-13-16-19-22-25-28-31-36-54-47-40-43(50(53)57-45-34-35-46(52)44(39-45)42-51)41-48(55-37-32-29-26-23-20-17-14-11-8-5-2)49(47)56-38-33-30-27-24-21-18-15-12-9-6-3/h34-35,39-42,52H,4-33,36-38H2,1-3H3. The van der Waals surface area contributed by atoms with E-state index in [9.17, 15) is 14.7 Å². The van der Waals surface area contributed by atoms with E-state index >= 15 is 0 Å². The van der Waals surface area contributed by atoms with Crippen LogP contribution in [0.15, 0.2) is 30.3 Å². The van der Waals surface area contributed by atoms with Gasteiger partial charge in [-0.15, -0.1) is 0 Å². The van der Waals surface area contributed by atoms with Gasteiger partial charge in [-0.05, 0) is 49.6 Å². The van der Waals surface area contributed by atoms with E-state index in [4.69, 9.17) is 18.9 Å². The molecule has 0 heterocycles. The number of aldehydes is 1. The van der Waals surface area contributed by atoms with E-state index in [1.165, 1.54) is 172 Å². The molecule has 2 aromatic rings. The summed E-state index contributed by atoms with van der Waals surface area (Å²) in [6, 6.07) is 7.56. The minimum atomic E-state index is -0.605. The Kier molecular flexibility index (Phi) is 30.5. The summed E-state index contributed by atoms with van der Waals surface area (Å²) in [6.07, 6.45) is 37.7. The van der Waals surface area contributed by atoms with Gasteiger partial charge >= 0.3 is 5.97 Å². The molecule has 0 aromatic heterocycles. The zero-order valence-corrected chi connectivity index (χ0v) is 36.7. The summed E-state index contributed by atoms with van der Waals surface area (Å²) in [6.45, 7) is 8.36. The van der Waals surface area contributed by atoms with Gasteiger partial charge < -0.3 is 24.1 Å². The normalized spacial score (nSPS) is 11.1. The minimum absolute atomic E-state index is 0.0528. The van der Waals surface area contributed by atoms with Gasteiger partial charge in [-0.2, -0.15) is 0 Å². The third-order valence-electron chi connectivity index (χ3n) is 10.8. The second-order valence-electron chi connectivity index (χ2n) is 16.1. The highest BCUT2D eigenvalue weighted by atomic mass is 16.5. The Bertz CT molecular complexity index is 1240. The molecular formula is C50H82O7. The summed E-state index contributed by atoms with van der Waals surface area (Å²) in [5.41, 5.74) is 0.329. The van der Waals surface area contributed by atoms with E-state index in [2.05, 4.69) is 20.8 Å². The molecule has 0 fully saturated rings. The largest absolute Gasteiger partial charge is 0.507 e. The molecule has 0 radical (unpaired) electrons. The van der Waals surface area contributed by atoms with Gasteiger partial charge in [0.1, 0.15) is 11.5 Å². The first kappa shape index (κ1) is 49.9. The fourth-order valence-corrected chi connectivity index (χ4v) is 7.21. The summed E-state index contributed by atoms with van der Waals surface area (Å²) in [5, 5.41) is 9.96. The predicted octanol–water partition coefficient (Wildman–Crippen LogP) is 15.3. The monoisotopic (exact) mass is 795 g/mol. The molecule has 0 aliphatic carbocycles. The van der Waals surface area contributed by atoms with Crippen LogP contribution in [0, 0.1) is 0 Å². The van der Waals surface area contributed by atoms with Gasteiger partial charge in [0, 0.05) is 0 Å². The van der Waals surface area contributed by atoms with Gasteiger partial charge in [0.2, 0.25) is 5.75 Å². The van der Waals surface area contributed by atoms with Crippen LogP contribution in [-0.4, -0.2) is 37.2 Å². The number of carbonyl (C=O) groups excluding carboxylic acids is 2. The van der Waals surface area contributed by atoms with E-state index in [0.29, 0.717) is 43.4 Å². The summed E-state index contributed by atoms with van der Waals surface area (Å²) in [4.78, 5) is 25.0. The minimum Gasteiger partial charge on any atom is -0.507 e. The molecule has 324 valence electrons. The lowest BCUT2D eigenvalue weighted by atomic mass is 10.1. The van der Waals surface area contributed by atoms with Crippen molar-refractivity contribution in [1.29, 1.82) is 0 Å². The highest BCUT2D eigenvalue weighted by molar-refractivity contribution is 5.93. The fourth-order valence-electron chi connectivity index (χ4n) is 7.21. The Morgan fingerprint density at radius 3 is 1.21 bits per heavy atom. The van der Waals surface area contributed by atoms with E-state index in [0.717, 1.165) is 38.5 Å². The Hall–Kier alpha value is -3.22. The Morgan fingerprint density at radius 1 is 0.491 bits per heavy atom. The molecule has 0 atom stereocenters. The molecule has 0 bridgehead atoms. The maximum absolute atomic E-state index is 13.6. The summed E-state index contributed by atoms with van der Waals surface area (Å²) in [7, 11) is 0. The first-order chi connectivity index (χ1) is 28.0. The van der Waals surface area contributed by atoms with Crippen LogP contribution in [0.5, 0.6) is 28.7 Å². The van der Waals surface area contributed by atoms with E-state index in [1.807, 2.05) is 0 Å². The van der Waals surface area contributed by atoms with Crippen molar-refractivity contribution >= 4 is 12.3 Å². The Morgan fingerprint density at radius 2 is 0.842 bits per heavy atom. The molecule has 0 unspecified atom stereocenters. The van der Waals surface area contributed by atoms with Crippen molar-refractivity contribution in [1.82, 2.24) is 0 Å². The SMILES string of the molecule is CCCCCCCCCCCCOc1cc(C(=O)Oc2ccc(O)c(C=O)c2)cc(OCCCCCCCCCCCC)c1OCCCCCCCCCCCC. The van der Waals surface area contributed by atoms with Gasteiger partial charge in [0.15, 0.2) is 17.8 Å². The number of esters is 1. The second-order valence-corrected chi connectivity index (χ2v) is 16.1. The van der Waals surface area contributed by atoms with Crippen LogP contribution in [0.4, 0.5) is 0 Å². The van der Waals surface area contributed by atoms with Crippen molar-refractivity contribution in [3.05, 3.63) is 41.5 Å². The molecule has 0 saturated heterocycles. The summed E-state index contributed by atoms with van der Waals surface area (Å²) < 4.78 is 25.0. The van der Waals surface area contributed by atoms with Crippen molar-refractivity contribution in [3.63, 3.8) is 0 Å². The van der Waals surface area contributed by atoms with Gasteiger partial charge in [0.05, 0.1) is 30.9 Å². The number of carbonyl (C=O) groups is 2. The molecule has 0 aliphatic rings. The fraction of sp³-hybridized carbons (Fsp3) is 0.720. The van der Waals surface area contributed by atoms with Crippen LogP contribution in [0.3, 0.4) is 0 Å². The van der Waals surface area contributed by atoms with Crippen molar-refractivity contribution in [2.24, 2.45) is 0 Å².